The largest absolute Gasteiger partial charge is 0.203 e. The van der Waals surface area contributed by atoms with Crippen molar-refractivity contribution in [3.63, 3.8) is 0 Å². The fraction of sp³-hybridized carbons (Fsp3) is 0.364. The van der Waals surface area contributed by atoms with E-state index >= 15 is 8.78 Å². The van der Waals surface area contributed by atoms with Crippen molar-refractivity contribution in [3.8, 4) is 20.9 Å². The molecule has 0 fully saturated rings. The van der Waals surface area contributed by atoms with Gasteiger partial charge in [0.1, 0.15) is 5.52 Å². The Bertz CT molecular complexity index is 1070. The number of thiophene rings is 2. The fourth-order valence-electron chi connectivity index (χ4n) is 3.56. The normalized spacial score (nSPS) is 12.0. The van der Waals surface area contributed by atoms with E-state index in [1.165, 1.54) is 22.7 Å². The van der Waals surface area contributed by atoms with E-state index in [0.29, 0.717) is 26.9 Å². The molecule has 0 saturated heterocycles. The Balaban J connectivity index is 1.85. The van der Waals surface area contributed by atoms with Crippen LogP contribution in [0.1, 0.15) is 38.8 Å². The molecule has 0 bridgehead atoms. The molecular weight excluding hydrogens is 426 g/mol. The number of hydrogen-bond acceptors (Lipinski definition) is 5. The number of benzene rings is 1. The van der Waals surface area contributed by atoms with Crippen LogP contribution in [-0.4, -0.2) is 9.59 Å². The molecule has 0 aliphatic rings. The smallest absolute Gasteiger partial charge is 0.170 e. The maximum atomic E-state index is 15.3. The summed E-state index contributed by atoms with van der Waals surface area (Å²) < 4.78 is 35.3. The third-order valence-electron chi connectivity index (χ3n) is 4.67. The van der Waals surface area contributed by atoms with Crippen LogP contribution in [0.15, 0.2) is 22.9 Å². The van der Waals surface area contributed by atoms with Gasteiger partial charge in [0.25, 0.3) is 0 Å². The van der Waals surface area contributed by atoms with E-state index in [9.17, 15) is 0 Å². The van der Waals surface area contributed by atoms with Crippen LogP contribution in [0, 0.1) is 23.5 Å². The zero-order chi connectivity index (χ0) is 20.7. The Morgan fingerprint density at radius 2 is 1.34 bits per heavy atom. The predicted molar refractivity (Wildman–Crippen MR) is 121 cm³/mol. The molecule has 7 heteroatoms. The lowest BCUT2D eigenvalue weighted by Crippen LogP contribution is -1.95. The molecule has 0 amide bonds. The average Bonchev–Trinajstić information content (AvgIpc) is 3.37. The van der Waals surface area contributed by atoms with E-state index in [2.05, 4.69) is 37.3 Å². The van der Waals surface area contributed by atoms with E-state index in [1.807, 2.05) is 22.9 Å². The van der Waals surface area contributed by atoms with Crippen molar-refractivity contribution in [1.29, 1.82) is 0 Å². The van der Waals surface area contributed by atoms with Gasteiger partial charge in [-0.15, -0.1) is 27.8 Å². The Morgan fingerprint density at radius 1 is 0.828 bits per heavy atom. The molecule has 2 nitrogen and oxygen atoms in total. The fourth-order valence-corrected chi connectivity index (χ4v) is 6.28. The number of aromatic nitrogens is 2. The van der Waals surface area contributed by atoms with E-state index in [1.54, 1.807) is 0 Å². The van der Waals surface area contributed by atoms with Crippen LogP contribution in [0.2, 0.25) is 0 Å². The van der Waals surface area contributed by atoms with Gasteiger partial charge in [0, 0.05) is 9.75 Å². The quantitative estimate of drug-likeness (QED) is 0.300. The van der Waals surface area contributed by atoms with Crippen molar-refractivity contribution in [2.45, 2.75) is 40.5 Å². The van der Waals surface area contributed by atoms with Crippen molar-refractivity contribution in [1.82, 2.24) is 9.59 Å². The second kappa shape index (κ2) is 8.20. The highest BCUT2D eigenvalue weighted by atomic mass is 32.1. The van der Waals surface area contributed by atoms with Crippen LogP contribution in [0.5, 0.6) is 0 Å². The summed E-state index contributed by atoms with van der Waals surface area (Å²) in [6.07, 6.45) is 1.82. The molecule has 3 heterocycles. The summed E-state index contributed by atoms with van der Waals surface area (Å²) in [6, 6.07) is 3.92. The molecule has 0 aliphatic heterocycles. The topological polar surface area (TPSA) is 25.8 Å². The van der Waals surface area contributed by atoms with Crippen LogP contribution in [-0.2, 0) is 12.8 Å². The highest BCUT2D eigenvalue weighted by Gasteiger charge is 2.26. The lowest BCUT2D eigenvalue weighted by Gasteiger charge is -2.08. The van der Waals surface area contributed by atoms with Gasteiger partial charge in [-0.05, 0) is 70.2 Å². The van der Waals surface area contributed by atoms with Crippen molar-refractivity contribution in [2.75, 3.05) is 0 Å². The van der Waals surface area contributed by atoms with Crippen LogP contribution < -0.4 is 0 Å². The molecule has 3 aromatic heterocycles. The lowest BCUT2D eigenvalue weighted by molar-refractivity contribution is 0.516. The number of rotatable bonds is 6. The Kier molecular flexibility index (Phi) is 5.82. The first kappa shape index (κ1) is 20.6. The molecule has 0 radical (unpaired) electrons. The Labute approximate surface area is 181 Å². The first-order valence-corrected chi connectivity index (χ1v) is 12.2. The number of fused-ring (bicyclic) bond motifs is 1. The van der Waals surface area contributed by atoms with Crippen molar-refractivity contribution in [2.24, 2.45) is 11.8 Å². The van der Waals surface area contributed by atoms with E-state index in [4.69, 9.17) is 0 Å². The van der Waals surface area contributed by atoms with Gasteiger partial charge >= 0.3 is 0 Å². The summed E-state index contributed by atoms with van der Waals surface area (Å²) in [6.45, 7) is 8.57. The maximum absolute atomic E-state index is 15.3. The second-order valence-electron chi connectivity index (χ2n) is 8.16. The zero-order valence-electron chi connectivity index (χ0n) is 16.8. The maximum Gasteiger partial charge on any atom is 0.170 e. The average molecular weight is 449 g/mol. The zero-order valence-corrected chi connectivity index (χ0v) is 19.2. The number of nitrogens with zero attached hydrogens (tertiary/aromatic N) is 2. The number of halogens is 2. The SMILES string of the molecule is CC(C)Cc1csc(-c2c(F)c(F)c(-c3cc(CC(C)C)cs3)c3snnc23)c1. The van der Waals surface area contributed by atoms with Crippen LogP contribution in [0.3, 0.4) is 0 Å². The molecule has 152 valence electrons. The molecule has 4 rings (SSSR count). The Hall–Kier alpha value is -1.70. The van der Waals surface area contributed by atoms with Gasteiger partial charge in [0.05, 0.1) is 15.8 Å². The molecule has 0 saturated carbocycles. The highest BCUT2D eigenvalue weighted by molar-refractivity contribution is 7.16. The van der Waals surface area contributed by atoms with Crippen molar-refractivity contribution < 1.29 is 8.78 Å². The molecule has 0 unspecified atom stereocenters. The van der Waals surface area contributed by atoms with Crippen LogP contribution in [0.4, 0.5) is 8.78 Å². The monoisotopic (exact) mass is 448 g/mol. The summed E-state index contributed by atoms with van der Waals surface area (Å²) >= 11 is 4.00. The Morgan fingerprint density at radius 3 is 1.90 bits per heavy atom. The molecule has 1 aromatic carbocycles. The first-order chi connectivity index (χ1) is 13.8. The van der Waals surface area contributed by atoms with Crippen LogP contribution >= 0.6 is 34.2 Å². The summed E-state index contributed by atoms with van der Waals surface area (Å²) in [4.78, 5) is 1.43. The molecule has 0 N–H and O–H groups in total. The van der Waals surface area contributed by atoms with Gasteiger partial charge < -0.3 is 0 Å². The summed E-state index contributed by atoms with van der Waals surface area (Å²) in [5.41, 5.74) is 3.24. The standard InChI is InChI=1S/C22H22F2N2S3/c1-11(2)5-13-7-15(27-9-13)17-19(23)20(24)18(22-21(17)25-26-29-22)16-8-14(10-28-16)6-12(3)4/h7-12H,5-6H2,1-4H3. The van der Waals surface area contributed by atoms with Crippen molar-refractivity contribution in [3.05, 3.63) is 45.7 Å². The minimum absolute atomic E-state index is 0.231. The van der Waals surface area contributed by atoms with Gasteiger partial charge in [0.15, 0.2) is 11.6 Å². The summed E-state index contributed by atoms with van der Waals surface area (Å²) in [5, 5.41) is 8.23. The third kappa shape index (κ3) is 4.00. The van der Waals surface area contributed by atoms with Gasteiger partial charge in [-0.1, -0.05) is 32.2 Å². The minimum atomic E-state index is -0.836. The predicted octanol–water partition coefficient (Wildman–Crippen LogP) is 7.82. The second-order valence-corrected chi connectivity index (χ2v) is 10.7. The summed E-state index contributed by atoms with van der Waals surface area (Å²) in [5.74, 6) is -0.640. The highest BCUT2D eigenvalue weighted by Crippen LogP contribution is 2.44. The molecule has 4 aromatic rings. The van der Waals surface area contributed by atoms with Gasteiger partial charge in [-0.25, -0.2) is 8.78 Å². The van der Waals surface area contributed by atoms with Gasteiger partial charge in [-0.2, -0.15) is 0 Å². The van der Waals surface area contributed by atoms with Gasteiger partial charge in [-0.3, -0.25) is 0 Å². The molecular formula is C22H22F2N2S3. The first-order valence-electron chi connectivity index (χ1n) is 9.63. The molecule has 0 atom stereocenters. The van der Waals surface area contributed by atoms with E-state index in [0.717, 1.165) is 40.4 Å². The van der Waals surface area contributed by atoms with Crippen LogP contribution in [0.25, 0.3) is 31.1 Å². The van der Waals surface area contributed by atoms with Gasteiger partial charge in [0.2, 0.25) is 0 Å². The minimum Gasteiger partial charge on any atom is -0.203 e. The molecule has 29 heavy (non-hydrogen) atoms. The van der Waals surface area contributed by atoms with Crippen molar-refractivity contribution >= 4 is 44.4 Å². The lowest BCUT2D eigenvalue weighted by atomic mass is 10.0. The third-order valence-corrected chi connectivity index (χ3v) is 7.41. The molecule has 0 spiro atoms. The summed E-state index contributed by atoms with van der Waals surface area (Å²) in [7, 11) is 0. The van der Waals surface area contributed by atoms with E-state index < -0.39 is 11.6 Å². The molecule has 0 aliphatic carbocycles. The van der Waals surface area contributed by atoms with E-state index in [-0.39, 0.29) is 11.1 Å². The number of hydrogen-bond donors (Lipinski definition) is 0.